The third-order valence-corrected chi connectivity index (χ3v) is 4.70. The van der Waals surface area contributed by atoms with E-state index in [4.69, 9.17) is 11.6 Å². The van der Waals surface area contributed by atoms with Gasteiger partial charge < -0.3 is 5.32 Å². The molecule has 1 nitrogen and oxygen atoms in total. The van der Waals surface area contributed by atoms with Crippen LogP contribution in [0.25, 0.3) is 0 Å². The second kappa shape index (κ2) is 6.87. The molecule has 2 aromatic carbocycles. The molecule has 0 bridgehead atoms. The summed E-state index contributed by atoms with van der Waals surface area (Å²) in [6.45, 7) is 7.53. The molecule has 112 valence electrons. The molecule has 0 aliphatic carbocycles. The van der Waals surface area contributed by atoms with Crippen molar-refractivity contribution < 1.29 is 0 Å². The lowest BCUT2D eigenvalue weighted by Gasteiger charge is -2.19. The van der Waals surface area contributed by atoms with Crippen LogP contribution in [0.5, 0.6) is 0 Å². The smallest absolute Gasteiger partial charge is 0.0410 e. The molecule has 0 heterocycles. The van der Waals surface area contributed by atoms with Crippen molar-refractivity contribution in [3.05, 3.63) is 58.6 Å². The summed E-state index contributed by atoms with van der Waals surface area (Å²) in [6.07, 6.45) is 0. The van der Waals surface area contributed by atoms with E-state index in [-0.39, 0.29) is 5.41 Å². The van der Waals surface area contributed by atoms with Gasteiger partial charge in [0.1, 0.15) is 0 Å². The van der Waals surface area contributed by atoms with Gasteiger partial charge in [0.15, 0.2) is 0 Å². The van der Waals surface area contributed by atoms with Gasteiger partial charge in [-0.25, -0.2) is 0 Å². The second-order valence-electron chi connectivity index (χ2n) is 6.16. The first-order valence-electron chi connectivity index (χ1n) is 7.11. The summed E-state index contributed by atoms with van der Waals surface area (Å²) < 4.78 is 0. The zero-order valence-electron chi connectivity index (χ0n) is 13.0. The third-order valence-electron chi connectivity index (χ3n) is 3.34. The quantitative estimate of drug-likeness (QED) is 0.797. The summed E-state index contributed by atoms with van der Waals surface area (Å²) in [4.78, 5) is 2.50. The zero-order chi connectivity index (χ0) is 15.5. The summed E-state index contributed by atoms with van der Waals surface area (Å²) in [5.74, 6) is 0. The van der Waals surface area contributed by atoms with E-state index in [0.717, 1.165) is 11.6 Å². The molecule has 1 N–H and O–H groups in total. The van der Waals surface area contributed by atoms with E-state index < -0.39 is 0 Å². The van der Waals surface area contributed by atoms with E-state index in [2.05, 4.69) is 56.4 Å². The summed E-state index contributed by atoms with van der Waals surface area (Å²) in [5.41, 5.74) is 2.79. The molecular formula is C18H22ClNS. The number of hydrogen-bond donors (Lipinski definition) is 1. The number of benzene rings is 2. The van der Waals surface area contributed by atoms with E-state index in [1.54, 1.807) is 11.8 Å². The van der Waals surface area contributed by atoms with Crippen LogP contribution in [0.3, 0.4) is 0 Å². The zero-order valence-corrected chi connectivity index (χ0v) is 14.6. The Balaban J connectivity index is 2.22. The van der Waals surface area contributed by atoms with E-state index in [0.29, 0.717) is 0 Å². The minimum Gasteiger partial charge on any atom is -0.316 e. The molecule has 0 aliphatic heterocycles. The van der Waals surface area contributed by atoms with Crippen molar-refractivity contribution >= 4 is 23.4 Å². The largest absolute Gasteiger partial charge is 0.316 e. The number of rotatable bonds is 4. The first-order chi connectivity index (χ1) is 9.90. The van der Waals surface area contributed by atoms with Gasteiger partial charge in [-0.05, 0) is 53.9 Å². The molecule has 2 aromatic rings. The third kappa shape index (κ3) is 4.50. The van der Waals surface area contributed by atoms with Crippen LogP contribution in [0.4, 0.5) is 0 Å². The molecule has 0 atom stereocenters. The lowest BCUT2D eigenvalue weighted by atomic mass is 9.87. The number of nitrogens with one attached hydrogen (secondary N) is 1. The Kier molecular flexibility index (Phi) is 5.37. The predicted octanol–water partition coefficient (Wildman–Crippen LogP) is 5.51. The minimum absolute atomic E-state index is 0.195. The molecule has 0 aromatic heterocycles. The normalized spacial score (nSPS) is 11.7. The maximum Gasteiger partial charge on any atom is 0.0410 e. The van der Waals surface area contributed by atoms with Crippen molar-refractivity contribution in [2.24, 2.45) is 0 Å². The van der Waals surface area contributed by atoms with Crippen LogP contribution in [0, 0.1) is 0 Å². The SMILES string of the molecule is CNCc1cc(Cl)ccc1Sc1ccc(C(C)(C)C)cc1. The highest BCUT2D eigenvalue weighted by Crippen LogP contribution is 2.33. The molecule has 0 saturated heterocycles. The molecule has 0 unspecified atom stereocenters. The Bertz CT molecular complexity index is 600. The predicted molar refractivity (Wildman–Crippen MR) is 93.5 cm³/mol. The van der Waals surface area contributed by atoms with Gasteiger partial charge >= 0.3 is 0 Å². The van der Waals surface area contributed by atoms with Crippen molar-refractivity contribution in [1.29, 1.82) is 0 Å². The van der Waals surface area contributed by atoms with Crippen molar-refractivity contribution in [3.8, 4) is 0 Å². The Morgan fingerprint density at radius 1 is 1.05 bits per heavy atom. The lowest BCUT2D eigenvalue weighted by molar-refractivity contribution is 0.590. The molecule has 2 rings (SSSR count). The molecule has 0 aliphatic rings. The summed E-state index contributed by atoms with van der Waals surface area (Å²) in [6, 6.07) is 14.9. The first kappa shape index (κ1) is 16.4. The first-order valence-corrected chi connectivity index (χ1v) is 8.31. The number of hydrogen-bond acceptors (Lipinski definition) is 2. The van der Waals surface area contributed by atoms with E-state index in [9.17, 15) is 0 Å². The van der Waals surface area contributed by atoms with Crippen molar-refractivity contribution in [3.63, 3.8) is 0 Å². The fraction of sp³-hybridized carbons (Fsp3) is 0.333. The topological polar surface area (TPSA) is 12.0 Å². The molecule has 0 radical (unpaired) electrons. The molecular weight excluding hydrogens is 298 g/mol. The van der Waals surface area contributed by atoms with Crippen LogP contribution in [0.2, 0.25) is 5.02 Å². The van der Waals surface area contributed by atoms with Gasteiger partial charge in [0.25, 0.3) is 0 Å². The Morgan fingerprint density at radius 2 is 1.71 bits per heavy atom. The van der Waals surface area contributed by atoms with E-state index in [1.807, 2.05) is 19.2 Å². The van der Waals surface area contributed by atoms with Gasteiger partial charge in [0.05, 0.1) is 0 Å². The average Bonchev–Trinajstić information content (AvgIpc) is 2.42. The van der Waals surface area contributed by atoms with Gasteiger partial charge in [-0.2, -0.15) is 0 Å². The summed E-state index contributed by atoms with van der Waals surface area (Å²) >= 11 is 7.87. The Morgan fingerprint density at radius 3 is 2.29 bits per heavy atom. The molecule has 0 saturated carbocycles. The Labute approximate surface area is 137 Å². The van der Waals surface area contributed by atoms with Crippen LogP contribution in [0.1, 0.15) is 31.9 Å². The maximum absolute atomic E-state index is 6.09. The highest BCUT2D eigenvalue weighted by atomic mass is 35.5. The lowest BCUT2D eigenvalue weighted by Crippen LogP contribution is -2.10. The highest BCUT2D eigenvalue weighted by Gasteiger charge is 2.13. The van der Waals surface area contributed by atoms with Crippen LogP contribution in [0.15, 0.2) is 52.3 Å². The van der Waals surface area contributed by atoms with Crippen LogP contribution >= 0.6 is 23.4 Å². The van der Waals surface area contributed by atoms with Crippen LogP contribution in [-0.4, -0.2) is 7.05 Å². The fourth-order valence-corrected chi connectivity index (χ4v) is 3.25. The van der Waals surface area contributed by atoms with Crippen LogP contribution in [-0.2, 0) is 12.0 Å². The van der Waals surface area contributed by atoms with Crippen molar-refractivity contribution in [2.75, 3.05) is 7.05 Å². The average molecular weight is 320 g/mol. The monoisotopic (exact) mass is 319 g/mol. The minimum atomic E-state index is 0.195. The van der Waals surface area contributed by atoms with Crippen molar-refractivity contribution in [2.45, 2.75) is 42.5 Å². The molecule has 0 spiro atoms. The molecule has 21 heavy (non-hydrogen) atoms. The summed E-state index contributed by atoms with van der Waals surface area (Å²) in [5, 5.41) is 3.98. The van der Waals surface area contributed by atoms with Gasteiger partial charge in [0.2, 0.25) is 0 Å². The van der Waals surface area contributed by atoms with E-state index >= 15 is 0 Å². The molecule has 0 amide bonds. The van der Waals surface area contributed by atoms with Gasteiger partial charge in [0, 0.05) is 21.4 Å². The summed E-state index contributed by atoms with van der Waals surface area (Å²) in [7, 11) is 1.95. The van der Waals surface area contributed by atoms with Gasteiger partial charge in [-0.1, -0.05) is 56.3 Å². The standard InChI is InChI=1S/C18H22ClNS/c1-18(2,3)14-5-8-16(9-6-14)21-17-10-7-15(19)11-13(17)12-20-4/h5-11,20H,12H2,1-4H3. The second-order valence-corrected chi connectivity index (χ2v) is 7.71. The molecule has 0 fully saturated rings. The van der Waals surface area contributed by atoms with E-state index in [1.165, 1.54) is 20.9 Å². The highest BCUT2D eigenvalue weighted by molar-refractivity contribution is 7.99. The van der Waals surface area contributed by atoms with Crippen molar-refractivity contribution in [1.82, 2.24) is 5.32 Å². The van der Waals surface area contributed by atoms with Gasteiger partial charge in [-0.15, -0.1) is 0 Å². The molecule has 3 heteroatoms. The number of halogens is 1. The van der Waals surface area contributed by atoms with Crippen LogP contribution < -0.4 is 5.32 Å². The van der Waals surface area contributed by atoms with Gasteiger partial charge in [-0.3, -0.25) is 0 Å². The Hall–Kier alpha value is -0.960. The maximum atomic E-state index is 6.09. The fourth-order valence-electron chi connectivity index (χ4n) is 2.13.